The number of esters is 1. The number of aliphatic hydroxyl groups is 1. The Morgan fingerprint density at radius 1 is 1.21 bits per heavy atom. The summed E-state index contributed by atoms with van der Waals surface area (Å²) in [5, 5.41) is 10.2. The van der Waals surface area contributed by atoms with Gasteiger partial charge in [-0.1, -0.05) is 0 Å². The zero-order chi connectivity index (χ0) is 14.7. The van der Waals surface area contributed by atoms with Gasteiger partial charge in [0, 0.05) is 19.5 Å². The lowest BCUT2D eigenvalue weighted by Crippen LogP contribution is -2.42. The molecule has 6 nitrogen and oxygen atoms in total. The zero-order valence-electron chi connectivity index (χ0n) is 12.1. The normalized spacial score (nSPS) is 24.6. The van der Waals surface area contributed by atoms with Gasteiger partial charge in [-0.05, 0) is 33.6 Å². The first-order valence-corrected chi connectivity index (χ1v) is 6.47. The predicted octanol–water partition coefficient (Wildman–Crippen LogP) is 1.31. The van der Waals surface area contributed by atoms with E-state index in [2.05, 4.69) is 4.74 Å². The first kappa shape index (κ1) is 15.8. The lowest BCUT2D eigenvalue weighted by Gasteiger charge is -2.27. The van der Waals surface area contributed by atoms with Crippen LogP contribution in [0.3, 0.4) is 0 Å². The molecule has 19 heavy (non-hydrogen) atoms. The van der Waals surface area contributed by atoms with Crippen molar-refractivity contribution >= 4 is 12.1 Å². The Labute approximate surface area is 113 Å². The number of carbonyl (C=O) groups excluding carboxylic acids is 2. The van der Waals surface area contributed by atoms with Gasteiger partial charge in [0.05, 0.1) is 7.11 Å². The van der Waals surface area contributed by atoms with E-state index < -0.39 is 23.3 Å². The minimum atomic E-state index is -1.49. The molecule has 1 aliphatic rings. The van der Waals surface area contributed by atoms with Gasteiger partial charge in [-0.15, -0.1) is 0 Å². The number of methoxy groups -OCH3 is 1. The van der Waals surface area contributed by atoms with Crippen molar-refractivity contribution in [1.82, 2.24) is 4.90 Å². The Morgan fingerprint density at radius 2 is 1.84 bits per heavy atom. The molecule has 1 rings (SSSR count). The van der Waals surface area contributed by atoms with Crippen LogP contribution in [0.25, 0.3) is 0 Å². The molecular formula is C13H23NO5. The van der Waals surface area contributed by atoms with Crippen molar-refractivity contribution in [3.8, 4) is 0 Å². The van der Waals surface area contributed by atoms with Gasteiger partial charge >= 0.3 is 12.1 Å². The van der Waals surface area contributed by atoms with Crippen molar-refractivity contribution in [2.75, 3.05) is 20.2 Å². The number of hydrogen-bond donors (Lipinski definition) is 1. The van der Waals surface area contributed by atoms with Gasteiger partial charge in [0.1, 0.15) is 5.60 Å². The molecule has 0 aromatic carbocycles. The maximum absolute atomic E-state index is 11.9. The summed E-state index contributed by atoms with van der Waals surface area (Å²) in [6, 6.07) is 0. The van der Waals surface area contributed by atoms with E-state index in [1.807, 2.05) is 0 Å². The molecule has 1 N–H and O–H groups in total. The van der Waals surface area contributed by atoms with Crippen molar-refractivity contribution in [3.05, 3.63) is 0 Å². The Hall–Kier alpha value is -1.30. The number of ether oxygens (including phenoxy) is 2. The third kappa shape index (κ3) is 4.38. The molecule has 1 amide bonds. The molecule has 0 spiro atoms. The van der Waals surface area contributed by atoms with Crippen LogP contribution < -0.4 is 0 Å². The van der Waals surface area contributed by atoms with E-state index in [1.165, 1.54) is 12.0 Å². The van der Waals surface area contributed by atoms with Crippen LogP contribution in [0, 0.1) is 0 Å². The fraction of sp³-hybridized carbons (Fsp3) is 0.846. The van der Waals surface area contributed by atoms with Gasteiger partial charge in [-0.2, -0.15) is 0 Å². The molecule has 0 aromatic heterocycles. The third-order valence-electron chi connectivity index (χ3n) is 3.03. The van der Waals surface area contributed by atoms with Gasteiger partial charge < -0.3 is 19.5 Å². The maximum atomic E-state index is 11.9. The second-order valence-corrected chi connectivity index (χ2v) is 5.84. The highest BCUT2D eigenvalue weighted by molar-refractivity contribution is 5.79. The van der Waals surface area contributed by atoms with Crippen LogP contribution in [0.5, 0.6) is 0 Å². The van der Waals surface area contributed by atoms with Gasteiger partial charge in [-0.25, -0.2) is 9.59 Å². The van der Waals surface area contributed by atoms with E-state index in [0.29, 0.717) is 19.4 Å². The Kier molecular flexibility index (Phi) is 4.79. The number of rotatable bonds is 1. The van der Waals surface area contributed by atoms with Crippen molar-refractivity contribution in [2.45, 2.75) is 51.2 Å². The van der Waals surface area contributed by atoms with Crippen molar-refractivity contribution in [1.29, 1.82) is 0 Å². The Morgan fingerprint density at radius 3 is 2.37 bits per heavy atom. The van der Waals surface area contributed by atoms with E-state index in [9.17, 15) is 14.7 Å². The number of nitrogens with zero attached hydrogens (tertiary/aromatic N) is 1. The minimum Gasteiger partial charge on any atom is -0.467 e. The summed E-state index contributed by atoms with van der Waals surface area (Å²) in [5.74, 6) is -0.640. The highest BCUT2D eigenvalue weighted by Gasteiger charge is 2.39. The highest BCUT2D eigenvalue weighted by Crippen LogP contribution is 2.24. The molecule has 0 aromatic rings. The van der Waals surface area contributed by atoms with Crippen LogP contribution in [0.2, 0.25) is 0 Å². The molecule has 1 unspecified atom stereocenters. The van der Waals surface area contributed by atoms with Gasteiger partial charge in [0.15, 0.2) is 5.60 Å². The molecule has 0 saturated carbocycles. The van der Waals surface area contributed by atoms with Crippen LogP contribution in [-0.2, 0) is 14.3 Å². The third-order valence-corrected chi connectivity index (χ3v) is 3.03. The van der Waals surface area contributed by atoms with Crippen LogP contribution >= 0.6 is 0 Å². The number of hydrogen-bond acceptors (Lipinski definition) is 5. The van der Waals surface area contributed by atoms with E-state index in [0.717, 1.165) is 0 Å². The highest BCUT2D eigenvalue weighted by atomic mass is 16.6. The molecular weight excluding hydrogens is 250 g/mol. The smallest absolute Gasteiger partial charge is 0.410 e. The van der Waals surface area contributed by atoms with E-state index in [-0.39, 0.29) is 13.0 Å². The summed E-state index contributed by atoms with van der Waals surface area (Å²) >= 11 is 0. The summed E-state index contributed by atoms with van der Waals surface area (Å²) in [5.41, 5.74) is -2.05. The van der Waals surface area contributed by atoms with Gasteiger partial charge in [-0.3, -0.25) is 0 Å². The van der Waals surface area contributed by atoms with Crippen molar-refractivity contribution in [3.63, 3.8) is 0 Å². The summed E-state index contributed by atoms with van der Waals surface area (Å²) in [6.07, 6.45) is 0.574. The van der Waals surface area contributed by atoms with Gasteiger partial charge in [0.25, 0.3) is 0 Å². The van der Waals surface area contributed by atoms with Crippen LogP contribution in [0.4, 0.5) is 4.79 Å². The molecule has 0 bridgehead atoms. The topological polar surface area (TPSA) is 76.1 Å². The molecule has 6 heteroatoms. The fourth-order valence-corrected chi connectivity index (χ4v) is 2.02. The van der Waals surface area contributed by atoms with Crippen LogP contribution in [-0.4, -0.2) is 53.5 Å². The van der Waals surface area contributed by atoms with Crippen LogP contribution in [0.1, 0.15) is 40.0 Å². The molecule has 0 aliphatic carbocycles. The minimum absolute atomic E-state index is 0.166. The molecule has 1 aliphatic heterocycles. The molecule has 1 heterocycles. The summed E-state index contributed by atoms with van der Waals surface area (Å²) in [6.45, 7) is 6.14. The first-order chi connectivity index (χ1) is 8.68. The fourth-order valence-electron chi connectivity index (χ4n) is 2.02. The first-order valence-electron chi connectivity index (χ1n) is 6.47. The zero-order valence-corrected chi connectivity index (χ0v) is 12.1. The van der Waals surface area contributed by atoms with E-state index >= 15 is 0 Å². The Bertz CT molecular complexity index is 349. The number of carbonyl (C=O) groups is 2. The predicted molar refractivity (Wildman–Crippen MR) is 68.6 cm³/mol. The maximum Gasteiger partial charge on any atom is 0.410 e. The average molecular weight is 273 g/mol. The van der Waals surface area contributed by atoms with Crippen molar-refractivity contribution in [2.24, 2.45) is 0 Å². The lowest BCUT2D eigenvalue weighted by atomic mass is 9.95. The summed E-state index contributed by atoms with van der Waals surface area (Å²) in [7, 11) is 1.25. The second-order valence-electron chi connectivity index (χ2n) is 5.84. The largest absolute Gasteiger partial charge is 0.467 e. The summed E-state index contributed by atoms with van der Waals surface area (Å²) < 4.78 is 9.88. The molecule has 110 valence electrons. The molecule has 1 atom stereocenters. The summed E-state index contributed by atoms with van der Waals surface area (Å²) in [4.78, 5) is 25.0. The quantitative estimate of drug-likeness (QED) is 0.729. The average Bonchev–Trinajstić information content (AvgIpc) is 2.49. The number of likely N-dealkylation sites (tertiary alicyclic amines) is 1. The van der Waals surface area contributed by atoms with Crippen molar-refractivity contribution < 1.29 is 24.2 Å². The lowest BCUT2D eigenvalue weighted by molar-refractivity contribution is -0.163. The van der Waals surface area contributed by atoms with Gasteiger partial charge in [0.2, 0.25) is 0 Å². The second kappa shape index (κ2) is 5.77. The molecule has 0 radical (unpaired) electrons. The molecule has 1 saturated heterocycles. The SMILES string of the molecule is COC(=O)C1(O)CCCN(C(=O)OC(C)(C)C)CC1. The Balaban J connectivity index is 2.64. The van der Waals surface area contributed by atoms with E-state index in [4.69, 9.17) is 4.74 Å². The monoisotopic (exact) mass is 273 g/mol. The number of amides is 1. The van der Waals surface area contributed by atoms with Crippen LogP contribution in [0.15, 0.2) is 0 Å². The standard InChI is InChI=1S/C13H23NO5/c1-12(2,3)19-11(16)14-8-5-6-13(17,7-9-14)10(15)18-4/h17H,5-9H2,1-4H3. The van der Waals surface area contributed by atoms with E-state index in [1.54, 1.807) is 20.8 Å². The molecule has 1 fully saturated rings.